The summed E-state index contributed by atoms with van der Waals surface area (Å²) in [4.78, 5) is 18.0. The van der Waals surface area contributed by atoms with Crippen molar-refractivity contribution in [1.29, 1.82) is 0 Å². The Morgan fingerprint density at radius 1 is 1.00 bits per heavy atom. The van der Waals surface area contributed by atoms with Crippen LogP contribution in [0.1, 0.15) is 29.7 Å². The smallest absolute Gasteiger partial charge is 0.255 e. The van der Waals surface area contributed by atoms with E-state index >= 15 is 0 Å². The van der Waals surface area contributed by atoms with E-state index in [1.807, 2.05) is 43.3 Å². The number of hydrogen-bond donors (Lipinski definition) is 2. The normalized spacial score (nSPS) is 14.4. The Morgan fingerprint density at radius 3 is 2.50 bits per heavy atom. The SMILES string of the molecule is COc1ccc(NC(=O)C2=C(C)Nc3ncnn3[C@H]2c2ccc(OCc3ccccc3C)cc2)c(OC)c1. The monoisotopic (exact) mass is 511 g/mol. The number of hydrogen-bond acceptors (Lipinski definition) is 7. The number of aromatic nitrogens is 3. The second-order valence-electron chi connectivity index (χ2n) is 8.90. The van der Waals surface area contributed by atoms with Gasteiger partial charge in [0.05, 0.1) is 25.5 Å². The van der Waals surface area contributed by atoms with Crippen molar-refractivity contribution < 1.29 is 19.0 Å². The maximum Gasteiger partial charge on any atom is 0.255 e. The van der Waals surface area contributed by atoms with Gasteiger partial charge in [0.25, 0.3) is 5.91 Å². The van der Waals surface area contributed by atoms with E-state index in [4.69, 9.17) is 14.2 Å². The standard InChI is InChI=1S/C29H29N5O4/c1-18-7-5-6-8-21(18)16-38-22-11-9-20(10-12-22)27-26(19(2)32-29-30-17-31-34(27)29)28(35)33-24-14-13-23(36-3)15-25(24)37-4/h5-15,17,27H,16H2,1-4H3,(H,33,35)(H,30,31,32)/t27-/m0/s1. The van der Waals surface area contributed by atoms with E-state index < -0.39 is 6.04 Å². The zero-order chi connectivity index (χ0) is 26.6. The minimum atomic E-state index is -0.497. The first-order valence-electron chi connectivity index (χ1n) is 12.2. The summed E-state index contributed by atoms with van der Waals surface area (Å²) in [5, 5.41) is 10.6. The molecule has 0 radical (unpaired) electrons. The van der Waals surface area contributed by atoms with Crippen LogP contribution in [0.5, 0.6) is 17.2 Å². The summed E-state index contributed by atoms with van der Waals surface area (Å²) in [6, 6.07) is 20.6. The summed E-state index contributed by atoms with van der Waals surface area (Å²) in [5.41, 5.74) is 4.90. The quantitative estimate of drug-likeness (QED) is 0.339. The average Bonchev–Trinajstić information content (AvgIpc) is 3.40. The number of nitrogens with one attached hydrogen (secondary N) is 2. The van der Waals surface area contributed by atoms with Crippen molar-refractivity contribution in [1.82, 2.24) is 14.8 Å². The lowest BCUT2D eigenvalue weighted by Crippen LogP contribution is -2.31. The molecule has 194 valence electrons. The van der Waals surface area contributed by atoms with Crippen LogP contribution in [0.4, 0.5) is 11.6 Å². The molecule has 1 aromatic heterocycles. The molecule has 1 aliphatic rings. The van der Waals surface area contributed by atoms with E-state index in [1.54, 1.807) is 37.1 Å². The summed E-state index contributed by atoms with van der Waals surface area (Å²) in [7, 11) is 3.12. The van der Waals surface area contributed by atoms with E-state index in [9.17, 15) is 4.79 Å². The van der Waals surface area contributed by atoms with Crippen LogP contribution in [0.15, 0.2) is 84.3 Å². The fourth-order valence-electron chi connectivity index (χ4n) is 4.46. The van der Waals surface area contributed by atoms with Crippen LogP contribution >= 0.6 is 0 Å². The van der Waals surface area contributed by atoms with Crippen molar-refractivity contribution >= 4 is 17.5 Å². The molecule has 1 atom stereocenters. The fourth-order valence-corrected chi connectivity index (χ4v) is 4.46. The van der Waals surface area contributed by atoms with Gasteiger partial charge in [-0.05, 0) is 54.8 Å². The molecule has 0 saturated heterocycles. The Kier molecular flexibility index (Phi) is 6.99. The minimum Gasteiger partial charge on any atom is -0.497 e. The predicted octanol–water partition coefficient (Wildman–Crippen LogP) is 5.11. The zero-order valence-corrected chi connectivity index (χ0v) is 21.7. The van der Waals surface area contributed by atoms with Crippen molar-refractivity contribution in [2.75, 3.05) is 24.9 Å². The number of amides is 1. The molecule has 0 saturated carbocycles. The number of anilines is 2. The number of benzene rings is 3. The lowest BCUT2D eigenvalue weighted by Gasteiger charge is -2.29. The Morgan fingerprint density at radius 2 is 1.76 bits per heavy atom. The molecule has 0 spiro atoms. The highest BCUT2D eigenvalue weighted by Gasteiger charge is 2.33. The molecule has 4 aromatic rings. The van der Waals surface area contributed by atoms with Crippen LogP contribution in [0.3, 0.4) is 0 Å². The maximum absolute atomic E-state index is 13.7. The lowest BCUT2D eigenvalue weighted by molar-refractivity contribution is -0.113. The van der Waals surface area contributed by atoms with Crippen LogP contribution in [0, 0.1) is 6.92 Å². The van der Waals surface area contributed by atoms with Crippen molar-refractivity contribution in [3.8, 4) is 17.2 Å². The molecular formula is C29H29N5O4. The molecule has 1 amide bonds. The third-order valence-electron chi connectivity index (χ3n) is 6.55. The summed E-state index contributed by atoms with van der Waals surface area (Å²) >= 11 is 0. The highest BCUT2D eigenvalue weighted by atomic mass is 16.5. The minimum absolute atomic E-state index is 0.288. The van der Waals surface area contributed by atoms with Crippen LogP contribution in [-0.2, 0) is 11.4 Å². The van der Waals surface area contributed by atoms with E-state index in [0.29, 0.717) is 41.0 Å². The number of carbonyl (C=O) groups is 1. The van der Waals surface area contributed by atoms with E-state index in [0.717, 1.165) is 16.9 Å². The van der Waals surface area contributed by atoms with Crippen LogP contribution in [0.25, 0.3) is 0 Å². The number of aryl methyl sites for hydroxylation is 1. The van der Waals surface area contributed by atoms with Crippen LogP contribution in [0.2, 0.25) is 0 Å². The average molecular weight is 512 g/mol. The Balaban J connectivity index is 1.42. The summed E-state index contributed by atoms with van der Waals surface area (Å²) in [6.07, 6.45) is 1.47. The summed E-state index contributed by atoms with van der Waals surface area (Å²) in [5.74, 6) is 2.13. The van der Waals surface area contributed by atoms with Gasteiger partial charge in [-0.2, -0.15) is 10.1 Å². The Labute approximate surface area is 221 Å². The molecule has 2 heterocycles. The van der Waals surface area contributed by atoms with Gasteiger partial charge in [-0.3, -0.25) is 4.79 Å². The van der Waals surface area contributed by atoms with Gasteiger partial charge in [0.1, 0.15) is 36.2 Å². The first-order valence-corrected chi connectivity index (χ1v) is 12.2. The molecule has 3 aromatic carbocycles. The highest BCUT2D eigenvalue weighted by Crippen LogP contribution is 2.37. The first-order chi connectivity index (χ1) is 18.5. The zero-order valence-electron chi connectivity index (χ0n) is 21.7. The summed E-state index contributed by atoms with van der Waals surface area (Å²) in [6.45, 7) is 4.39. The number of nitrogens with zero attached hydrogens (tertiary/aromatic N) is 3. The second kappa shape index (κ2) is 10.7. The molecule has 5 rings (SSSR count). The Hall–Kier alpha value is -4.79. The van der Waals surface area contributed by atoms with Gasteiger partial charge >= 0.3 is 0 Å². The molecule has 0 aliphatic carbocycles. The molecular weight excluding hydrogens is 482 g/mol. The molecule has 38 heavy (non-hydrogen) atoms. The van der Waals surface area contributed by atoms with Crippen LogP contribution < -0.4 is 24.8 Å². The van der Waals surface area contributed by atoms with E-state index in [2.05, 4.69) is 39.8 Å². The van der Waals surface area contributed by atoms with E-state index in [-0.39, 0.29) is 5.91 Å². The maximum atomic E-state index is 13.7. The van der Waals surface area contributed by atoms with Gasteiger partial charge in [-0.1, -0.05) is 36.4 Å². The molecule has 9 heteroatoms. The lowest BCUT2D eigenvalue weighted by atomic mass is 9.95. The van der Waals surface area contributed by atoms with Gasteiger partial charge in [0, 0.05) is 11.8 Å². The van der Waals surface area contributed by atoms with Gasteiger partial charge < -0.3 is 24.8 Å². The second-order valence-corrected chi connectivity index (χ2v) is 8.90. The number of ether oxygens (including phenoxy) is 3. The van der Waals surface area contributed by atoms with Gasteiger partial charge in [0.2, 0.25) is 5.95 Å². The van der Waals surface area contributed by atoms with Crippen molar-refractivity contribution in [2.45, 2.75) is 26.5 Å². The highest BCUT2D eigenvalue weighted by molar-refractivity contribution is 6.06. The molecule has 1 aliphatic heterocycles. The number of carbonyl (C=O) groups excluding carboxylic acids is 1. The predicted molar refractivity (Wildman–Crippen MR) is 145 cm³/mol. The third-order valence-corrected chi connectivity index (χ3v) is 6.55. The van der Waals surface area contributed by atoms with E-state index in [1.165, 1.54) is 11.9 Å². The largest absolute Gasteiger partial charge is 0.497 e. The number of allylic oxidation sites excluding steroid dienone is 1. The number of methoxy groups -OCH3 is 2. The van der Waals surface area contributed by atoms with Crippen molar-refractivity contribution in [3.63, 3.8) is 0 Å². The number of rotatable bonds is 8. The fraction of sp³-hybridized carbons (Fsp3) is 0.207. The van der Waals surface area contributed by atoms with Crippen molar-refractivity contribution in [2.24, 2.45) is 0 Å². The molecule has 2 N–H and O–H groups in total. The molecule has 0 unspecified atom stereocenters. The molecule has 0 bridgehead atoms. The van der Waals surface area contributed by atoms with Gasteiger partial charge in [0.15, 0.2) is 0 Å². The van der Waals surface area contributed by atoms with Gasteiger partial charge in [-0.25, -0.2) is 4.68 Å². The Bertz CT molecular complexity index is 1490. The third kappa shape index (κ3) is 4.90. The first kappa shape index (κ1) is 24.9. The molecule has 0 fully saturated rings. The summed E-state index contributed by atoms with van der Waals surface area (Å²) < 4.78 is 18.5. The number of fused-ring (bicyclic) bond motifs is 1. The van der Waals surface area contributed by atoms with Gasteiger partial charge in [-0.15, -0.1) is 0 Å². The van der Waals surface area contributed by atoms with Crippen LogP contribution in [-0.4, -0.2) is 34.9 Å². The molecule has 9 nitrogen and oxygen atoms in total. The topological polar surface area (TPSA) is 99.5 Å². The van der Waals surface area contributed by atoms with Crippen molar-refractivity contribution in [3.05, 3.63) is 101 Å².